The lowest BCUT2D eigenvalue weighted by atomic mass is 10.2. The van der Waals surface area contributed by atoms with E-state index in [1.54, 1.807) is 18.2 Å². The predicted molar refractivity (Wildman–Crippen MR) is 73.3 cm³/mol. The molecule has 2 amide bonds. The van der Waals surface area contributed by atoms with Gasteiger partial charge in [0.2, 0.25) is 0 Å². The number of nitrogens with one attached hydrogen (secondary N) is 2. The molecule has 0 atom stereocenters. The summed E-state index contributed by atoms with van der Waals surface area (Å²) in [5.41, 5.74) is 6.63. The van der Waals surface area contributed by atoms with Crippen LogP contribution in [-0.2, 0) is 6.54 Å². The normalized spacial score (nSPS) is 10.2. The summed E-state index contributed by atoms with van der Waals surface area (Å²) in [7, 11) is 0. The molecule has 0 bridgehead atoms. The third-order valence-electron chi connectivity index (χ3n) is 2.60. The maximum Gasteiger partial charge on any atom is 0.323 e. The van der Waals surface area contributed by atoms with Crippen LogP contribution in [0.3, 0.4) is 0 Å². The molecule has 0 fully saturated rings. The zero-order chi connectivity index (χ0) is 14.5. The highest BCUT2D eigenvalue weighted by Gasteiger charge is 2.08. The van der Waals surface area contributed by atoms with E-state index in [2.05, 4.69) is 10.6 Å². The monoisotopic (exact) mass is 277 g/mol. The Kier molecular flexibility index (Phi) is 4.27. The fraction of sp³-hybridized carbons (Fsp3) is 0.0714. The first-order valence-electron chi connectivity index (χ1n) is 5.90. The molecule has 0 heterocycles. The SMILES string of the molecule is NCc1cccc(NC(=O)Nc2cc(F)ccc2F)c1. The van der Waals surface area contributed by atoms with Crippen molar-refractivity contribution in [2.45, 2.75) is 6.54 Å². The Labute approximate surface area is 114 Å². The number of urea groups is 1. The molecule has 0 spiro atoms. The van der Waals surface area contributed by atoms with Crippen molar-refractivity contribution in [3.8, 4) is 0 Å². The van der Waals surface area contributed by atoms with E-state index in [0.717, 1.165) is 23.8 Å². The molecule has 0 aliphatic heterocycles. The van der Waals surface area contributed by atoms with Gasteiger partial charge in [-0.25, -0.2) is 13.6 Å². The largest absolute Gasteiger partial charge is 0.326 e. The summed E-state index contributed by atoms with van der Waals surface area (Å²) in [6.07, 6.45) is 0. The molecule has 0 aromatic heterocycles. The van der Waals surface area contributed by atoms with Gasteiger partial charge in [-0.05, 0) is 29.8 Å². The van der Waals surface area contributed by atoms with Gasteiger partial charge in [0.05, 0.1) is 5.69 Å². The number of halogens is 2. The highest BCUT2D eigenvalue weighted by atomic mass is 19.1. The van der Waals surface area contributed by atoms with Crippen molar-refractivity contribution in [2.75, 3.05) is 10.6 Å². The minimum atomic E-state index is -0.711. The number of carbonyl (C=O) groups is 1. The summed E-state index contributed by atoms with van der Waals surface area (Å²) < 4.78 is 26.3. The maximum atomic E-state index is 13.4. The van der Waals surface area contributed by atoms with Crippen LogP contribution in [0.4, 0.5) is 25.0 Å². The Bertz CT molecular complexity index is 632. The zero-order valence-electron chi connectivity index (χ0n) is 10.5. The molecule has 6 heteroatoms. The second kappa shape index (κ2) is 6.12. The van der Waals surface area contributed by atoms with E-state index in [-0.39, 0.29) is 5.69 Å². The first-order valence-corrected chi connectivity index (χ1v) is 5.90. The van der Waals surface area contributed by atoms with Crippen LogP contribution in [0.25, 0.3) is 0 Å². The van der Waals surface area contributed by atoms with Crippen LogP contribution in [-0.4, -0.2) is 6.03 Å². The molecule has 0 radical (unpaired) electrons. The lowest BCUT2D eigenvalue weighted by Crippen LogP contribution is -2.20. The summed E-state index contributed by atoms with van der Waals surface area (Å²) in [6.45, 7) is 0.343. The van der Waals surface area contributed by atoms with Gasteiger partial charge in [0, 0.05) is 18.3 Å². The van der Waals surface area contributed by atoms with Crippen molar-refractivity contribution in [1.29, 1.82) is 0 Å². The van der Waals surface area contributed by atoms with Crippen molar-refractivity contribution in [1.82, 2.24) is 0 Å². The molecule has 2 rings (SSSR count). The number of hydrogen-bond donors (Lipinski definition) is 3. The van der Waals surface area contributed by atoms with Gasteiger partial charge in [0.25, 0.3) is 0 Å². The lowest BCUT2D eigenvalue weighted by Gasteiger charge is -2.09. The minimum absolute atomic E-state index is 0.225. The van der Waals surface area contributed by atoms with Gasteiger partial charge >= 0.3 is 6.03 Å². The Morgan fingerprint density at radius 1 is 1.10 bits per heavy atom. The first-order chi connectivity index (χ1) is 9.58. The second-order valence-electron chi connectivity index (χ2n) is 4.11. The van der Waals surface area contributed by atoms with Crippen LogP contribution in [0.2, 0.25) is 0 Å². The number of hydrogen-bond acceptors (Lipinski definition) is 2. The highest BCUT2D eigenvalue weighted by Crippen LogP contribution is 2.16. The third-order valence-corrected chi connectivity index (χ3v) is 2.60. The van der Waals surface area contributed by atoms with E-state index in [1.165, 1.54) is 0 Å². The number of benzene rings is 2. The van der Waals surface area contributed by atoms with E-state index in [0.29, 0.717) is 12.2 Å². The van der Waals surface area contributed by atoms with Crippen molar-refractivity contribution in [3.05, 3.63) is 59.7 Å². The molecule has 0 saturated heterocycles. The van der Waals surface area contributed by atoms with E-state index < -0.39 is 17.7 Å². The topological polar surface area (TPSA) is 67.1 Å². The standard InChI is InChI=1S/C14H13F2N3O/c15-10-4-5-12(16)13(7-10)19-14(20)18-11-3-1-2-9(6-11)8-17/h1-7H,8,17H2,(H2,18,19,20). The van der Waals surface area contributed by atoms with Crippen LogP contribution in [0.15, 0.2) is 42.5 Å². The second-order valence-corrected chi connectivity index (χ2v) is 4.11. The fourth-order valence-electron chi connectivity index (χ4n) is 1.65. The summed E-state index contributed by atoms with van der Waals surface area (Å²) in [4.78, 5) is 11.7. The molecule has 4 N–H and O–H groups in total. The van der Waals surface area contributed by atoms with E-state index in [1.807, 2.05) is 6.07 Å². The Morgan fingerprint density at radius 3 is 2.65 bits per heavy atom. The van der Waals surface area contributed by atoms with Crippen LogP contribution in [0.5, 0.6) is 0 Å². The molecule has 0 unspecified atom stereocenters. The predicted octanol–water partition coefficient (Wildman–Crippen LogP) is 3.07. The molecule has 0 aliphatic rings. The Balaban J connectivity index is 2.07. The number of nitrogens with two attached hydrogens (primary N) is 1. The average Bonchev–Trinajstić information content (AvgIpc) is 2.43. The zero-order valence-corrected chi connectivity index (χ0v) is 10.5. The molecule has 2 aromatic carbocycles. The summed E-state index contributed by atoms with van der Waals surface area (Å²) in [5, 5.41) is 4.76. The number of rotatable bonds is 3. The van der Waals surface area contributed by atoms with E-state index in [4.69, 9.17) is 5.73 Å². The summed E-state index contributed by atoms with van der Waals surface area (Å²) in [6, 6.07) is 9.08. The summed E-state index contributed by atoms with van der Waals surface area (Å²) in [5.74, 6) is -1.34. The van der Waals surface area contributed by atoms with Crippen LogP contribution in [0.1, 0.15) is 5.56 Å². The van der Waals surface area contributed by atoms with E-state index in [9.17, 15) is 13.6 Å². The van der Waals surface area contributed by atoms with Crippen LogP contribution in [0, 0.1) is 11.6 Å². The average molecular weight is 277 g/mol. The number of anilines is 2. The quantitative estimate of drug-likeness (QED) is 0.807. The smallest absolute Gasteiger partial charge is 0.323 e. The van der Waals surface area contributed by atoms with Gasteiger partial charge in [0.1, 0.15) is 11.6 Å². The Morgan fingerprint density at radius 2 is 1.90 bits per heavy atom. The maximum absolute atomic E-state index is 13.4. The number of carbonyl (C=O) groups excluding carboxylic acids is 1. The van der Waals surface area contributed by atoms with Gasteiger partial charge in [-0.1, -0.05) is 12.1 Å². The Hall–Kier alpha value is -2.47. The van der Waals surface area contributed by atoms with Gasteiger partial charge < -0.3 is 16.4 Å². The fourth-order valence-corrected chi connectivity index (χ4v) is 1.65. The molecule has 2 aromatic rings. The molecular formula is C14H13F2N3O. The number of amides is 2. The van der Waals surface area contributed by atoms with Gasteiger partial charge in [-0.2, -0.15) is 0 Å². The lowest BCUT2D eigenvalue weighted by molar-refractivity contribution is 0.262. The van der Waals surface area contributed by atoms with Crippen molar-refractivity contribution in [2.24, 2.45) is 5.73 Å². The molecule has 4 nitrogen and oxygen atoms in total. The van der Waals surface area contributed by atoms with Crippen molar-refractivity contribution < 1.29 is 13.6 Å². The molecule has 0 saturated carbocycles. The third kappa shape index (κ3) is 3.52. The highest BCUT2D eigenvalue weighted by molar-refractivity contribution is 5.99. The van der Waals surface area contributed by atoms with Crippen molar-refractivity contribution in [3.63, 3.8) is 0 Å². The first kappa shape index (κ1) is 14.0. The molecule has 104 valence electrons. The van der Waals surface area contributed by atoms with Gasteiger partial charge in [-0.3, -0.25) is 0 Å². The van der Waals surface area contributed by atoms with E-state index >= 15 is 0 Å². The van der Waals surface area contributed by atoms with Gasteiger partial charge in [0.15, 0.2) is 0 Å². The van der Waals surface area contributed by atoms with Gasteiger partial charge in [-0.15, -0.1) is 0 Å². The molecule has 0 aliphatic carbocycles. The molecular weight excluding hydrogens is 264 g/mol. The minimum Gasteiger partial charge on any atom is -0.326 e. The summed E-state index contributed by atoms with van der Waals surface area (Å²) >= 11 is 0. The van der Waals surface area contributed by atoms with Crippen LogP contribution < -0.4 is 16.4 Å². The van der Waals surface area contributed by atoms with Crippen molar-refractivity contribution >= 4 is 17.4 Å². The molecule has 20 heavy (non-hydrogen) atoms. The van der Waals surface area contributed by atoms with Crippen LogP contribution >= 0.6 is 0 Å².